The first-order chi connectivity index (χ1) is 13.4. The number of hydrogen-bond donors (Lipinski definition) is 0. The van der Waals surface area contributed by atoms with Crippen molar-refractivity contribution in [2.45, 2.75) is 13.8 Å². The lowest BCUT2D eigenvalue weighted by Gasteiger charge is -2.06. The molecule has 3 rings (SSSR count). The molecule has 0 unspecified atom stereocenters. The maximum Gasteiger partial charge on any atom is 0.344 e. The van der Waals surface area contributed by atoms with Crippen molar-refractivity contribution < 1.29 is 23.8 Å². The first kappa shape index (κ1) is 19.0. The Hall–Kier alpha value is -3.81. The van der Waals surface area contributed by atoms with Gasteiger partial charge in [0.2, 0.25) is 5.78 Å². The summed E-state index contributed by atoms with van der Waals surface area (Å²) in [4.78, 5) is 35.3. The molecule has 0 saturated carbocycles. The van der Waals surface area contributed by atoms with Crippen LogP contribution in [0.5, 0.6) is 0 Å². The van der Waals surface area contributed by atoms with Gasteiger partial charge in [0.15, 0.2) is 6.61 Å². The van der Waals surface area contributed by atoms with Gasteiger partial charge in [-0.3, -0.25) is 14.9 Å². The van der Waals surface area contributed by atoms with Gasteiger partial charge in [0.1, 0.15) is 17.0 Å². The Kier molecular flexibility index (Phi) is 5.30. The maximum absolute atomic E-state index is 12.5. The molecule has 8 nitrogen and oxygen atoms in total. The molecular weight excluding hydrogens is 364 g/mol. The van der Waals surface area contributed by atoms with Crippen LogP contribution >= 0.6 is 0 Å². The molecule has 0 fully saturated rings. The average molecular weight is 380 g/mol. The number of esters is 1. The summed E-state index contributed by atoms with van der Waals surface area (Å²) in [5.41, 5.74) is 1.49. The van der Waals surface area contributed by atoms with Crippen molar-refractivity contribution in [3.63, 3.8) is 0 Å². The number of carbonyl (C=O) groups is 2. The molecule has 8 heteroatoms. The summed E-state index contributed by atoms with van der Waals surface area (Å²) in [5.74, 6) is -1.04. The van der Waals surface area contributed by atoms with Crippen LogP contribution in [0.1, 0.15) is 32.0 Å². The number of nitro groups is 1. The summed E-state index contributed by atoms with van der Waals surface area (Å²) in [6.45, 7) is 2.59. The van der Waals surface area contributed by atoms with Crippen LogP contribution < -0.4 is 0 Å². The van der Waals surface area contributed by atoms with Gasteiger partial charge >= 0.3 is 5.97 Å². The van der Waals surface area contributed by atoms with Gasteiger partial charge in [-0.1, -0.05) is 47.6 Å². The molecule has 1 heterocycles. The molecule has 1 aromatic heterocycles. The zero-order valence-corrected chi connectivity index (χ0v) is 15.2. The predicted molar refractivity (Wildman–Crippen MR) is 99.1 cm³/mol. The quantitative estimate of drug-likeness (QED) is 0.276. The fraction of sp³-hybridized carbons (Fsp3) is 0.150. The van der Waals surface area contributed by atoms with Crippen molar-refractivity contribution in [1.29, 1.82) is 0 Å². The third-order valence-corrected chi connectivity index (χ3v) is 4.18. The second-order valence-electron chi connectivity index (χ2n) is 6.09. The molecule has 142 valence electrons. The number of nitro benzene ring substituents is 1. The largest absolute Gasteiger partial charge is 0.454 e. The Morgan fingerprint density at radius 2 is 1.86 bits per heavy atom. The van der Waals surface area contributed by atoms with Crippen LogP contribution in [-0.2, 0) is 4.74 Å². The number of aromatic nitrogens is 1. The van der Waals surface area contributed by atoms with E-state index in [0.29, 0.717) is 16.8 Å². The lowest BCUT2D eigenvalue weighted by Crippen LogP contribution is -2.15. The van der Waals surface area contributed by atoms with Crippen molar-refractivity contribution in [2.24, 2.45) is 0 Å². The molecule has 0 spiro atoms. The fourth-order valence-electron chi connectivity index (χ4n) is 2.67. The molecule has 0 bridgehead atoms. The number of ether oxygens (including phenoxy) is 1. The SMILES string of the molecule is Cc1ccc(C(=O)COC(=O)c2c(-c3ccccc3)noc2C)cc1[N+](=O)[O-]. The molecule has 0 saturated heterocycles. The summed E-state index contributed by atoms with van der Waals surface area (Å²) in [6, 6.07) is 13.1. The van der Waals surface area contributed by atoms with E-state index in [1.54, 1.807) is 38.1 Å². The third kappa shape index (κ3) is 3.80. The maximum atomic E-state index is 12.5. The van der Waals surface area contributed by atoms with Crippen LogP contribution in [0.3, 0.4) is 0 Å². The number of rotatable bonds is 6. The number of Topliss-reactive ketones (excluding diaryl/α,β-unsaturated/α-hetero) is 1. The third-order valence-electron chi connectivity index (χ3n) is 4.18. The standard InChI is InChI=1S/C20H16N2O6/c1-12-8-9-15(10-16(12)22(25)26)17(23)11-27-20(24)18-13(2)28-21-19(18)14-6-4-3-5-7-14/h3-10H,11H2,1-2H3. The summed E-state index contributed by atoms with van der Waals surface area (Å²) < 4.78 is 10.2. The van der Waals surface area contributed by atoms with Gasteiger partial charge < -0.3 is 9.26 Å². The number of nitrogens with zero attached hydrogens (tertiary/aromatic N) is 2. The second kappa shape index (κ2) is 7.83. The number of benzene rings is 2. The van der Waals surface area contributed by atoms with E-state index < -0.39 is 23.3 Å². The Morgan fingerprint density at radius 3 is 2.54 bits per heavy atom. The molecule has 2 aromatic carbocycles. The highest BCUT2D eigenvalue weighted by molar-refractivity contribution is 6.01. The van der Waals surface area contributed by atoms with Crippen LogP contribution in [-0.4, -0.2) is 28.4 Å². The fourth-order valence-corrected chi connectivity index (χ4v) is 2.67. The van der Waals surface area contributed by atoms with Crippen LogP contribution in [0, 0.1) is 24.0 Å². The van der Waals surface area contributed by atoms with Crippen molar-refractivity contribution in [3.8, 4) is 11.3 Å². The summed E-state index contributed by atoms with van der Waals surface area (Å²) in [6.07, 6.45) is 0. The molecule has 28 heavy (non-hydrogen) atoms. The normalized spacial score (nSPS) is 10.5. The molecule has 0 N–H and O–H groups in total. The lowest BCUT2D eigenvalue weighted by molar-refractivity contribution is -0.385. The molecule has 0 aliphatic rings. The highest BCUT2D eigenvalue weighted by atomic mass is 16.6. The van der Waals surface area contributed by atoms with Crippen LogP contribution in [0.25, 0.3) is 11.3 Å². The summed E-state index contributed by atoms with van der Waals surface area (Å²) >= 11 is 0. The van der Waals surface area contributed by atoms with Gasteiger partial charge in [-0.25, -0.2) is 4.79 Å². The van der Waals surface area contributed by atoms with Gasteiger partial charge in [0, 0.05) is 22.8 Å². The second-order valence-corrected chi connectivity index (χ2v) is 6.09. The highest BCUT2D eigenvalue weighted by Crippen LogP contribution is 2.26. The Bertz CT molecular complexity index is 1060. The molecule has 0 aliphatic heterocycles. The minimum Gasteiger partial charge on any atom is -0.454 e. The van der Waals surface area contributed by atoms with Crippen LogP contribution in [0.2, 0.25) is 0 Å². The first-order valence-corrected chi connectivity index (χ1v) is 8.35. The van der Waals surface area contributed by atoms with Gasteiger partial charge in [-0.2, -0.15) is 0 Å². The van der Waals surface area contributed by atoms with Crippen LogP contribution in [0.4, 0.5) is 5.69 Å². The predicted octanol–water partition coefficient (Wildman–Crippen LogP) is 3.91. The van der Waals surface area contributed by atoms with Crippen molar-refractivity contribution in [2.75, 3.05) is 6.61 Å². The first-order valence-electron chi connectivity index (χ1n) is 8.35. The van der Waals surface area contributed by atoms with E-state index in [0.717, 1.165) is 0 Å². The minimum atomic E-state index is -0.757. The van der Waals surface area contributed by atoms with E-state index in [4.69, 9.17) is 9.26 Å². The minimum absolute atomic E-state index is 0.0930. The van der Waals surface area contributed by atoms with Crippen molar-refractivity contribution in [1.82, 2.24) is 5.16 Å². The van der Waals surface area contributed by atoms with Gasteiger partial charge in [0.05, 0.1) is 4.92 Å². The monoisotopic (exact) mass is 380 g/mol. The summed E-state index contributed by atoms with van der Waals surface area (Å²) in [7, 11) is 0. The van der Waals surface area contributed by atoms with Gasteiger partial charge in [-0.05, 0) is 13.8 Å². The average Bonchev–Trinajstić information content (AvgIpc) is 3.08. The molecule has 0 amide bonds. The molecular formula is C20H16N2O6. The Balaban J connectivity index is 1.77. The lowest BCUT2D eigenvalue weighted by atomic mass is 10.1. The van der Waals surface area contributed by atoms with E-state index in [-0.39, 0.29) is 22.6 Å². The zero-order chi connectivity index (χ0) is 20.3. The summed E-state index contributed by atoms with van der Waals surface area (Å²) in [5, 5.41) is 14.9. The van der Waals surface area contributed by atoms with E-state index in [9.17, 15) is 19.7 Å². The highest BCUT2D eigenvalue weighted by Gasteiger charge is 2.24. The molecule has 3 aromatic rings. The number of carbonyl (C=O) groups excluding carboxylic acids is 2. The Morgan fingerprint density at radius 1 is 1.14 bits per heavy atom. The van der Waals surface area contributed by atoms with Crippen molar-refractivity contribution >= 4 is 17.4 Å². The van der Waals surface area contributed by atoms with Crippen LogP contribution in [0.15, 0.2) is 53.1 Å². The number of aryl methyl sites for hydroxylation is 2. The van der Waals surface area contributed by atoms with E-state index in [1.165, 1.54) is 18.2 Å². The topological polar surface area (TPSA) is 113 Å². The van der Waals surface area contributed by atoms with Gasteiger partial charge in [-0.15, -0.1) is 0 Å². The molecule has 0 radical (unpaired) electrons. The van der Waals surface area contributed by atoms with Crippen molar-refractivity contribution in [3.05, 3.63) is 81.1 Å². The molecule has 0 aliphatic carbocycles. The Labute approximate surface area is 159 Å². The van der Waals surface area contributed by atoms with E-state index >= 15 is 0 Å². The van der Waals surface area contributed by atoms with E-state index in [2.05, 4.69) is 5.16 Å². The van der Waals surface area contributed by atoms with E-state index in [1.807, 2.05) is 6.07 Å². The number of ketones is 1. The smallest absolute Gasteiger partial charge is 0.344 e. The van der Waals surface area contributed by atoms with Gasteiger partial charge in [0.25, 0.3) is 5.69 Å². The number of hydrogen-bond acceptors (Lipinski definition) is 7. The molecule has 0 atom stereocenters. The zero-order valence-electron chi connectivity index (χ0n) is 15.2.